The summed E-state index contributed by atoms with van der Waals surface area (Å²) in [5.41, 5.74) is 17.5. The third-order valence-electron chi connectivity index (χ3n) is 11.7. The van der Waals surface area contributed by atoms with Crippen LogP contribution in [0.4, 0.5) is 26.1 Å². The molecular formula is C49H67N11O8S3. The number of hydrogen-bond acceptors (Lipinski definition) is 14. The predicted octanol–water partition coefficient (Wildman–Crippen LogP) is 8.73. The fraction of sp³-hybridized carbons (Fsp3) is 0.408. The molecule has 0 unspecified atom stereocenters. The number of aromatic nitrogens is 4. The molecule has 6 rings (SSSR count). The number of nitrogens with one attached hydrogen (secondary N) is 8. The standard InChI is InChI=1S/C29H42N6O4S2.C20H25N5O4S/c1-8-28(3,4)21-14-15-24(23(19-21)29(5,6)9-2)39-17-11-16-30-26(36)32-33-27-31-25(34-40-27)20-12-10-13-22(18-20)35-41(7,37)38;1-13-5-7-17(14(2)11-13)29-10-4-9-21-20(26)25-23-16-6-8-18(30(3,27)28)15-12-22-24-19(15)16/h10,12-15,18-19,35H,8-9,11,16-17H2,1-7H3,(H2,30,32,36)(H,31,33,34);5-8,11-12,23H,4,9-10H2,1-3H3,(H,22,24)(H2,21,25,26). The van der Waals surface area contributed by atoms with E-state index in [4.69, 9.17) is 9.47 Å². The van der Waals surface area contributed by atoms with E-state index in [9.17, 15) is 26.4 Å². The Bertz CT molecular complexity index is 2990. The smallest absolute Gasteiger partial charge is 0.333 e. The molecule has 2 aromatic heterocycles. The van der Waals surface area contributed by atoms with Crippen LogP contribution in [0.25, 0.3) is 22.3 Å². The number of carbonyl (C=O) groups excluding carboxylic acids is 2. The second kappa shape index (κ2) is 24.5. The molecule has 0 saturated carbocycles. The molecule has 8 N–H and O–H groups in total. The average molecular weight is 1030 g/mol. The number of anilines is 3. The number of nitrogens with zero attached hydrogens (tertiary/aromatic N) is 3. The summed E-state index contributed by atoms with van der Waals surface area (Å²) in [5, 5.41) is 13.0. The van der Waals surface area contributed by atoms with Gasteiger partial charge in [0.25, 0.3) is 0 Å². The van der Waals surface area contributed by atoms with Crippen molar-refractivity contribution < 1.29 is 35.9 Å². The molecule has 6 aromatic rings. The number of aromatic amines is 1. The van der Waals surface area contributed by atoms with Gasteiger partial charge >= 0.3 is 12.1 Å². The third kappa shape index (κ3) is 16.5. The number of sulfonamides is 1. The van der Waals surface area contributed by atoms with Crippen molar-refractivity contribution in [2.24, 2.45) is 0 Å². The molecule has 22 heteroatoms. The molecule has 71 heavy (non-hydrogen) atoms. The van der Waals surface area contributed by atoms with E-state index in [1.165, 1.54) is 29.0 Å². The van der Waals surface area contributed by atoms with E-state index in [0.29, 0.717) is 77.9 Å². The summed E-state index contributed by atoms with van der Waals surface area (Å²) >= 11 is 1.07. The number of aryl methyl sites for hydroxylation is 2. The first kappa shape index (κ1) is 55.3. The van der Waals surface area contributed by atoms with Gasteiger partial charge < -0.3 is 20.1 Å². The van der Waals surface area contributed by atoms with Crippen LogP contribution < -0.4 is 46.5 Å². The van der Waals surface area contributed by atoms with Gasteiger partial charge in [0, 0.05) is 53.1 Å². The van der Waals surface area contributed by atoms with Crippen LogP contribution in [0.3, 0.4) is 0 Å². The first-order chi connectivity index (χ1) is 33.5. The van der Waals surface area contributed by atoms with Crippen LogP contribution >= 0.6 is 11.5 Å². The third-order valence-corrected chi connectivity index (χ3v) is 14.1. The molecule has 0 aliphatic carbocycles. The van der Waals surface area contributed by atoms with Gasteiger partial charge in [0.2, 0.25) is 15.2 Å². The van der Waals surface area contributed by atoms with E-state index >= 15 is 0 Å². The van der Waals surface area contributed by atoms with Crippen LogP contribution in [0.1, 0.15) is 89.5 Å². The zero-order valence-corrected chi connectivity index (χ0v) is 44.4. The maximum atomic E-state index is 12.3. The number of fused-ring (bicyclic) bond motifs is 1. The summed E-state index contributed by atoms with van der Waals surface area (Å²) in [5.74, 6) is 2.14. The lowest BCUT2D eigenvalue weighted by Crippen LogP contribution is -2.39. The lowest BCUT2D eigenvalue weighted by atomic mass is 9.76. The van der Waals surface area contributed by atoms with Crippen molar-refractivity contribution in [2.45, 2.75) is 96.8 Å². The number of hydrogen-bond donors (Lipinski definition) is 8. The van der Waals surface area contributed by atoms with Gasteiger partial charge in [-0.25, -0.2) is 31.9 Å². The van der Waals surface area contributed by atoms with Crippen LogP contribution in [-0.4, -0.2) is 87.3 Å². The first-order valence-corrected chi connectivity index (χ1v) is 27.7. The highest BCUT2D eigenvalue weighted by atomic mass is 32.2. The fourth-order valence-corrected chi connectivity index (χ4v) is 8.93. The Morgan fingerprint density at radius 2 is 1.41 bits per heavy atom. The van der Waals surface area contributed by atoms with E-state index in [2.05, 4.69) is 122 Å². The Labute approximate surface area is 421 Å². The number of H-pyrrole nitrogens is 1. The molecule has 2 heterocycles. The van der Waals surface area contributed by atoms with Gasteiger partial charge in [0.05, 0.1) is 41.8 Å². The Kier molecular flexibility index (Phi) is 19.0. The summed E-state index contributed by atoms with van der Waals surface area (Å²) in [6.45, 7) is 19.3. The Hall–Kier alpha value is -6.65. The number of urea groups is 2. The summed E-state index contributed by atoms with van der Waals surface area (Å²) in [6.07, 6.45) is 7.00. The molecule has 0 bridgehead atoms. The van der Waals surface area contributed by atoms with E-state index in [0.717, 1.165) is 53.9 Å². The summed E-state index contributed by atoms with van der Waals surface area (Å²) in [7, 11) is -6.78. The monoisotopic (exact) mass is 1030 g/mol. The molecule has 0 spiro atoms. The van der Waals surface area contributed by atoms with E-state index in [1.54, 1.807) is 30.3 Å². The highest BCUT2D eigenvalue weighted by molar-refractivity contribution is 7.92. The number of sulfone groups is 1. The number of amides is 4. The number of benzene rings is 4. The molecule has 0 aliphatic rings. The van der Waals surface area contributed by atoms with Crippen LogP contribution in [0.2, 0.25) is 0 Å². The number of hydrazine groups is 2. The summed E-state index contributed by atoms with van der Waals surface area (Å²) in [6, 6.07) is 21.5. The minimum atomic E-state index is -3.39. The Balaban J connectivity index is 0.000000277. The second-order valence-corrected chi connectivity index (χ2v) is 22.8. The SMILES string of the molecule is CCC(C)(C)c1ccc(OCCCNC(=O)NNc2nc(-c3cccc(NS(C)(=O)=O)c3)ns2)c(C(C)(C)CC)c1.Cc1ccc(OCCCNC(=O)NNc2ccc(S(C)(=O)=O)c3cn[nH]c23)c(C)c1. The molecule has 0 saturated heterocycles. The molecule has 0 fully saturated rings. The van der Waals surface area contributed by atoms with Gasteiger partial charge in [0.15, 0.2) is 15.7 Å². The Morgan fingerprint density at radius 3 is 2.04 bits per heavy atom. The molecule has 0 atom stereocenters. The van der Waals surface area contributed by atoms with Crippen LogP contribution in [-0.2, 0) is 30.7 Å². The molecule has 0 radical (unpaired) electrons. The molecule has 0 aliphatic heterocycles. The topological polar surface area (TPSA) is 260 Å². The largest absolute Gasteiger partial charge is 0.493 e. The van der Waals surface area contributed by atoms with Crippen molar-refractivity contribution in [3.63, 3.8) is 0 Å². The normalized spacial score (nSPS) is 11.7. The van der Waals surface area contributed by atoms with Crippen molar-refractivity contribution in [1.29, 1.82) is 0 Å². The average Bonchev–Trinajstić information content (AvgIpc) is 4.01. The second-order valence-electron chi connectivity index (χ2n) is 18.3. The summed E-state index contributed by atoms with van der Waals surface area (Å²) in [4.78, 5) is 28.8. The fourth-order valence-electron chi connectivity index (χ4n) is 6.96. The number of carbonyl (C=O) groups is 2. The van der Waals surface area contributed by atoms with Gasteiger partial charge in [-0.2, -0.15) is 14.5 Å². The zero-order chi connectivity index (χ0) is 52.0. The molecule has 4 amide bonds. The van der Waals surface area contributed by atoms with Crippen LogP contribution in [0, 0.1) is 13.8 Å². The molecule has 384 valence electrons. The van der Waals surface area contributed by atoms with Gasteiger partial charge in [-0.3, -0.25) is 26.1 Å². The van der Waals surface area contributed by atoms with E-state index < -0.39 is 31.9 Å². The van der Waals surface area contributed by atoms with Gasteiger partial charge in [-0.05, 0) is 97.9 Å². The van der Waals surface area contributed by atoms with Gasteiger partial charge in [0.1, 0.15) is 11.5 Å². The Morgan fingerprint density at radius 1 is 0.761 bits per heavy atom. The van der Waals surface area contributed by atoms with Crippen molar-refractivity contribution in [2.75, 3.05) is 54.4 Å². The lowest BCUT2D eigenvalue weighted by molar-refractivity contribution is 0.240. The van der Waals surface area contributed by atoms with Crippen LogP contribution in [0.5, 0.6) is 11.5 Å². The highest BCUT2D eigenvalue weighted by Crippen LogP contribution is 2.38. The van der Waals surface area contributed by atoms with Crippen molar-refractivity contribution in [3.05, 3.63) is 101 Å². The zero-order valence-electron chi connectivity index (χ0n) is 42.0. The maximum Gasteiger partial charge on any atom is 0.333 e. The quantitative estimate of drug-likeness (QED) is 0.0234. The number of rotatable bonds is 22. The van der Waals surface area contributed by atoms with E-state index in [1.807, 2.05) is 26.0 Å². The van der Waals surface area contributed by atoms with Crippen molar-refractivity contribution in [1.82, 2.24) is 41.0 Å². The van der Waals surface area contributed by atoms with Gasteiger partial charge in [-0.15, -0.1) is 0 Å². The van der Waals surface area contributed by atoms with E-state index in [-0.39, 0.29) is 15.7 Å². The van der Waals surface area contributed by atoms with Crippen LogP contribution in [0.15, 0.2) is 83.9 Å². The highest BCUT2D eigenvalue weighted by Gasteiger charge is 2.27. The first-order valence-electron chi connectivity index (χ1n) is 23.1. The molecule has 19 nitrogen and oxygen atoms in total. The molecular weight excluding hydrogens is 967 g/mol. The predicted molar refractivity (Wildman–Crippen MR) is 283 cm³/mol. The summed E-state index contributed by atoms with van der Waals surface area (Å²) < 4.78 is 65.3. The maximum absolute atomic E-state index is 12.3. The molecule has 4 aromatic carbocycles. The minimum absolute atomic E-state index is 0.0145. The number of ether oxygens (including phenoxy) is 2. The van der Waals surface area contributed by atoms with Crippen molar-refractivity contribution in [3.8, 4) is 22.9 Å². The lowest BCUT2D eigenvalue weighted by Gasteiger charge is -2.30. The minimum Gasteiger partial charge on any atom is -0.493 e. The van der Waals surface area contributed by atoms with Gasteiger partial charge in [-0.1, -0.05) is 83.5 Å². The van der Waals surface area contributed by atoms with Crippen molar-refractivity contribution >= 4 is 70.9 Å².